The fourth-order valence-corrected chi connectivity index (χ4v) is 0.140. The Balaban J connectivity index is 4.57. The minimum Gasteiger partial charge on any atom is -0.366 e. The van der Waals surface area contributed by atoms with Gasteiger partial charge < -0.3 is 5.73 Å². The molecule has 0 bridgehead atoms. The highest BCUT2D eigenvalue weighted by Crippen LogP contribution is 2.38. The quantitative estimate of drug-likeness (QED) is 0.525. The van der Waals surface area contributed by atoms with E-state index >= 15 is 0 Å². The fraction of sp³-hybridized carbons (Fsp3) is 0.667. The maximum absolute atomic E-state index is 12.0. The van der Waals surface area contributed by atoms with Crippen LogP contribution in [-0.2, 0) is 4.79 Å². The standard InChI is InChI=1S/C3H2BrF4NO/c4-2(5,1(9)10)3(6,7)8/h(H2,9,10). The van der Waals surface area contributed by atoms with Gasteiger partial charge in [0, 0.05) is 0 Å². The molecule has 1 unspecified atom stereocenters. The first kappa shape index (κ1) is 9.67. The first-order valence-electron chi connectivity index (χ1n) is 1.94. The van der Waals surface area contributed by atoms with Gasteiger partial charge in [-0.15, -0.1) is 0 Å². The van der Waals surface area contributed by atoms with Crippen LogP contribution in [0, 0.1) is 0 Å². The molecule has 7 heteroatoms. The summed E-state index contributed by atoms with van der Waals surface area (Å²) in [5, 5.41) is 0. The van der Waals surface area contributed by atoms with E-state index in [0.717, 1.165) is 0 Å². The van der Waals surface area contributed by atoms with E-state index in [9.17, 15) is 22.4 Å². The summed E-state index contributed by atoms with van der Waals surface area (Å²) in [4.78, 5) is 9.75. The molecule has 0 spiro atoms. The van der Waals surface area contributed by atoms with Gasteiger partial charge in [0.2, 0.25) is 0 Å². The van der Waals surface area contributed by atoms with Crippen LogP contribution >= 0.6 is 15.9 Å². The zero-order valence-corrected chi connectivity index (χ0v) is 5.96. The van der Waals surface area contributed by atoms with Gasteiger partial charge in [-0.05, 0) is 15.9 Å². The van der Waals surface area contributed by atoms with Gasteiger partial charge in [0.05, 0.1) is 0 Å². The lowest BCUT2D eigenvalue weighted by atomic mass is 10.4. The summed E-state index contributed by atoms with van der Waals surface area (Å²) >= 11 is 1.50. The molecule has 0 saturated heterocycles. The van der Waals surface area contributed by atoms with Crippen molar-refractivity contribution in [2.24, 2.45) is 5.73 Å². The summed E-state index contributed by atoms with van der Waals surface area (Å²) in [6.45, 7) is 0. The Morgan fingerprint density at radius 1 is 1.30 bits per heavy atom. The van der Waals surface area contributed by atoms with E-state index in [1.807, 2.05) is 0 Å². The van der Waals surface area contributed by atoms with E-state index in [-0.39, 0.29) is 0 Å². The van der Waals surface area contributed by atoms with Gasteiger partial charge in [0.25, 0.3) is 5.91 Å². The number of alkyl halides is 5. The number of carbonyl (C=O) groups is 1. The topological polar surface area (TPSA) is 43.1 Å². The Kier molecular flexibility index (Phi) is 2.29. The lowest BCUT2D eigenvalue weighted by molar-refractivity contribution is -0.193. The van der Waals surface area contributed by atoms with Crippen molar-refractivity contribution in [3.05, 3.63) is 0 Å². The van der Waals surface area contributed by atoms with Crippen LogP contribution < -0.4 is 5.73 Å². The zero-order valence-electron chi connectivity index (χ0n) is 4.38. The number of amides is 1. The highest BCUT2D eigenvalue weighted by atomic mass is 79.9. The molecular weight excluding hydrogens is 222 g/mol. The summed E-state index contributed by atoms with van der Waals surface area (Å²) in [5.41, 5.74) is 4.08. The maximum atomic E-state index is 12.0. The number of primary amides is 1. The van der Waals surface area contributed by atoms with Crippen LogP contribution in [0.5, 0.6) is 0 Å². The predicted molar refractivity (Wildman–Crippen MR) is 28.0 cm³/mol. The highest BCUT2D eigenvalue weighted by molar-refractivity contribution is 9.10. The average Bonchev–Trinajstić information content (AvgIpc) is 1.62. The van der Waals surface area contributed by atoms with Crippen LogP contribution in [0.1, 0.15) is 0 Å². The molecule has 0 aromatic carbocycles. The van der Waals surface area contributed by atoms with Gasteiger partial charge >= 0.3 is 10.8 Å². The van der Waals surface area contributed by atoms with Gasteiger partial charge in [-0.1, -0.05) is 0 Å². The third-order valence-electron chi connectivity index (χ3n) is 0.665. The first-order valence-corrected chi connectivity index (χ1v) is 2.73. The van der Waals surface area contributed by atoms with E-state index in [0.29, 0.717) is 0 Å². The van der Waals surface area contributed by atoms with Crippen LogP contribution in [0.25, 0.3) is 0 Å². The van der Waals surface area contributed by atoms with Crippen molar-refractivity contribution in [3.8, 4) is 0 Å². The van der Waals surface area contributed by atoms with Crippen molar-refractivity contribution in [1.82, 2.24) is 0 Å². The SMILES string of the molecule is NC(=O)C(F)(Br)C(F)(F)F. The molecule has 0 aromatic heterocycles. The number of hydrogen-bond donors (Lipinski definition) is 1. The minimum absolute atomic E-state index is 1.50. The second kappa shape index (κ2) is 2.37. The number of nitrogens with two attached hydrogens (primary N) is 1. The number of hydrogen-bond acceptors (Lipinski definition) is 1. The second-order valence-corrected chi connectivity index (χ2v) is 2.53. The third kappa shape index (κ3) is 1.59. The molecule has 0 rings (SSSR count). The first-order chi connectivity index (χ1) is 4.19. The van der Waals surface area contributed by atoms with Crippen molar-refractivity contribution in [2.75, 3.05) is 0 Å². The summed E-state index contributed by atoms with van der Waals surface area (Å²) in [7, 11) is 0. The molecule has 0 heterocycles. The van der Waals surface area contributed by atoms with Crippen LogP contribution in [0.2, 0.25) is 0 Å². The average molecular weight is 224 g/mol. The molecular formula is C3H2BrF4NO. The molecule has 2 nitrogen and oxygen atoms in total. The van der Waals surface area contributed by atoms with Crippen LogP contribution in [0.4, 0.5) is 17.6 Å². The van der Waals surface area contributed by atoms with Gasteiger partial charge in [-0.2, -0.15) is 13.2 Å². The summed E-state index contributed by atoms with van der Waals surface area (Å²) < 4.78 is 42.0. The molecule has 0 radical (unpaired) electrons. The molecule has 10 heavy (non-hydrogen) atoms. The Bertz CT molecular complexity index is 153. The van der Waals surface area contributed by atoms with Crippen LogP contribution in [0.3, 0.4) is 0 Å². The molecule has 0 aromatic rings. The molecule has 0 fully saturated rings. The maximum Gasteiger partial charge on any atom is 0.442 e. The third-order valence-corrected chi connectivity index (χ3v) is 1.51. The predicted octanol–water partition coefficient (Wildman–Crippen LogP) is 1.09. The molecule has 0 aliphatic rings. The van der Waals surface area contributed by atoms with Crippen molar-refractivity contribution < 1.29 is 22.4 Å². The highest BCUT2D eigenvalue weighted by Gasteiger charge is 2.59. The van der Waals surface area contributed by atoms with Crippen molar-refractivity contribution >= 4 is 21.8 Å². The molecule has 0 aliphatic carbocycles. The van der Waals surface area contributed by atoms with E-state index < -0.39 is 16.7 Å². The Labute approximate surface area is 61.5 Å². The molecule has 0 saturated carbocycles. The molecule has 1 atom stereocenters. The lowest BCUT2D eigenvalue weighted by Gasteiger charge is -2.16. The van der Waals surface area contributed by atoms with Crippen molar-refractivity contribution in [2.45, 2.75) is 10.8 Å². The molecule has 60 valence electrons. The lowest BCUT2D eigenvalue weighted by Crippen LogP contribution is -2.46. The smallest absolute Gasteiger partial charge is 0.366 e. The summed E-state index contributed by atoms with van der Waals surface area (Å²) in [5.74, 6) is -2.11. The molecule has 2 N–H and O–H groups in total. The van der Waals surface area contributed by atoms with Gasteiger partial charge in [0.15, 0.2) is 0 Å². The number of carbonyl (C=O) groups excluding carboxylic acids is 1. The van der Waals surface area contributed by atoms with E-state index in [4.69, 9.17) is 0 Å². The van der Waals surface area contributed by atoms with Crippen LogP contribution in [-0.4, -0.2) is 16.7 Å². The van der Waals surface area contributed by atoms with Gasteiger partial charge in [-0.3, -0.25) is 4.79 Å². The van der Waals surface area contributed by atoms with E-state index in [1.54, 1.807) is 0 Å². The van der Waals surface area contributed by atoms with Gasteiger partial charge in [-0.25, -0.2) is 4.39 Å². The van der Waals surface area contributed by atoms with Crippen LogP contribution in [0.15, 0.2) is 0 Å². The normalized spacial score (nSPS) is 18.1. The summed E-state index contributed by atoms with van der Waals surface area (Å²) in [6, 6.07) is 0. The van der Waals surface area contributed by atoms with Crippen molar-refractivity contribution in [3.63, 3.8) is 0 Å². The van der Waals surface area contributed by atoms with E-state index in [2.05, 4.69) is 5.73 Å². The minimum atomic E-state index is -5.31. The molecule has 1 amide bonds. The monoisotopic (exact) mass is 223 g/mol. The Hall–Kier alpha value is -0.330. The number of rotatable bonds is 1. The number of halogens is 5. The Morgan fingerprint density at radius 2 is 1.60 bits per heavy atom. The molecule has 0 aliphatic heterocycles. The van der Waals surface area contributed by atoms with Gasteiger partial charge in [0.1, 0.15) is 0 Å². The zero-order chi connectivity index (χ0) is 8.58. The second-order valence-electron chi connectivity index (χ2n) is 1.44. The summed E-state index contributed by atoms with van der Waals surface area (Å²) in [6.07, 6.45) is -5.31. The Morgan fingerprint density at radius 3 is 1.60 bits per heavy atom. The van der Waals surface area contributed by atoms with E-state index in [1.165, 1.54) is 15.9 Å². The van der Waals surface area contributed by atoms with Crippen molar-refractivity contribution in [1.29, 1.82) is 0 Å². The largest absolute Gasteiger partial charge is 0.442 e. The fourth-order valence-electron chi connectivity index (χ4n) is 0.140.